The topological polar surface area (TPSA) is 68.2 Å². The first-order valence-corrected chi connectivity index (χ1v) is 8.54. The summed E-state index contributed by atoms with van der Waals surface area (Å²) in [6, 6.07) is 11.9. The van der Waals surface area contributed by atoms with Crippen LogP contribution in [0.5, 0.6) is 0 Å². The van der Waals surface area contributed by atoms with Gasteiger partial charge in [-0.3, -0.25) is 4.40 Å². The molecule has 25 heavy (non-hydrogen) atoms. The summed E-state index contributed by atoms with van der Waals surface area (Å²) >= 11 is 6.48. The zero-order valence-corrected chi connectivity index (χ0v) is 14.8. The number of hydrogen-bond acceptors (Lipinski definition) is 4. The van der Waals surface area contributed by atoms with Crippen molar-refractivity contribution in [2.24, 2.45) is 0 Å². The second-order valence-corrected chi connectivity index (χ2v) is 6.37. The molecule has 0 spiro atoms. The number of nitrogens with zero attached hydrogens (tertiary/aromatic N) is 3. The van der Waals surface area contributed by atoms with Crippen LogP contribution in [0.1, 0.15) is 12.5 Å². The quantitative estimate of drug-likeness (QED) is 0.569. The summed E-state index contributed by atoms with van der Waals surface area (Å²) in [5.41, 5.74) is 11.7. The van der Waals surface area contributed by atoms with E-state index >= 15 is 0 Å². The number of anilines is 2. The Morgan fingerprint density at radius 3 is 2.80 bits per heavy atom. The van der Waals surface area contributed by atoms with Gasteiger partial charge in [0.2, 0.25) is 0 Å². The molecule has 6 heteroatoms. The van der Waals surface area contributed by atoms with Crippen LogP contribution in [-0.4, -0.2) is 20.9 Å². The largest absolute Gasteiger partial charge is 0.385 e. The molecule has 126 valence electrons. The van der Waals surface area contributed by atoms with Crippen LogP contribution < -0.4 is 11.1 Å². The molecule has 0 atom stereocenters. The van der Waals surface area contributed by atoms with Crippen LogP contribution in [0.25, 0.3) is 27.9 Å². The summed E-state index contributed by atoms with van der Waals surface area (Å²) in [7, 11) is 0. The molecular formula is C19H18ClN5. The number of imidazole rings is 1. The van der Waals surface area contributed by atoms with Gasteiger partial charge in [0, 0.05) is 17.8 Å². The molecule has 5 nitrogen and oxygen atoms in total. The Kier molecular flexibility index (Phi) is 3.73. The summed E-state index contributed by atoms with van der Waals surface area (Å²) in [4.78, 5) is 9.13. The first-order chi connectivity index (χ1) is 12.1. The highest BCUT2D eigenvalue weighted by atomic mass is 35.5. The van der Waals surface area contributed by atoms with Crippen molar-refractivity contribution >= 4 is 39.7 Å². The lowest BCUT2D eigenvalue weighted by molar-refractivity contribution is 1.18. The van der Waals surface area contributed by atoms with E-state index in [0.717, 1.165) is 45.7 Å². The van der Waals surface area contributed by atoms with Gasteiger partial charge in [-0.15, -0.1) is 0 Å². The maximum atomic E-state index is 6.48. The lowest BCUT2D eigenvalue weighted by Crippen LogP contribution is -2.02. The second kappa shape index (κ2) is 5.93. The number of halogens is 1. The minimum atomic E-state index is 0.451. The molecule has 0 bridgehead atoms. The molecule has 0 radical (unpaired) electrons. The monoisotopic (exact) mass is 351 g/mol. The third-order valence-electron chi connectivity index (χ3n) is 4.31. The third-order valence-corrected chi connectivity index (χ3v) is 4.62. The van der Waals surface area contributed by atoms with Crippen LogP contribution >= 0.6 is 11.6 Å². The van der Waals surface area contributed by atoms with Crippen molar-refractivity contribution in [3.05, 3.63) is 53.2 Å². The molecule has 0 fully saturated rings. The maximum absolute atomic E-state index is 6.48. The normalized spacial score (nSPS) is 11.3. The average molecular weight is 352 g/mol. The van der Waals surface area contributed by atoms with Crippen molar-refractivity contribution in [1.29, 1.82) is 0 Å². The smallest absolute Gasteiger partial charge is 0.150 e. The Morgan fingerprint density at radius 1 is 1.20 bits per heavy atom. The number of nitrogen functional groups attached to an aromatic ring is 1. The van der Waals surface area contributed by atoms with E-state index in [1.165, 1.54) is 0 Å². The Morgan fingerprint density at radius 2 is 2.04 bits per heavy atom. The zero-order valence-electron chi connectivity index (χ0n) is 14.0. The molecule has 0 aliphatic carbocycles. The van der Waals surface area contributed by atoms with Crippen LogP contribution in [0.15, 0.2) is 42.6 Å². The first kappa shape index (κ1) is 15.7. The Balaban J connectivity index is 2.13. The van der Waals surface area contributed by atoms with E-state index < -0.39 is 0 Å². The molecule has 0 saturated carbocycles. The van der Waals surface area contributed by atoms with Crippen LogP contribution in [0.2, 0.25) is 5.02 Å². The van der Waals surface area contributed by atoms with E-state index in [2.05, 4.69) is 28.3 Å². The SMILES string of the molecule is CCNc1ccc2nc(N)c3cnc(-c4c(C)cccc4Cl)n3c2c1. The van der Waals surface area contributed by atoms with E-state index in [4.69, 9.17) is 17.3 Å². The Hall–Kier alpha value is -2.79. The number of rotatable bonds is 3. The highest BCUT2D eigenvalue weighted by Crippen LogP contribution is 2.34. The van der Waals surface area contributed by atoms with Crippen molar-refractivity contribution in [2.75, 3.05) is 17.6 Å². The molecule has 0 aliphatic heterocycles. The van der Waals surface area contributed by atoms with E-state index in [9.17, 15) is 0 Å². The number of aryl methyl sites for hydroxylation is 1. The van der Waals surface area contributed by atoms with Crippen molar-refractivity contribution in [2.45, 2.75) is 13.8 Å². The van der Waals surface area contributed by atoms with Crippen LogP contribution in [0, 0.1) is 6.92 Å². The average Bonchev–Trinajstić information content (AvgIpc) is 3.01. The van der Waals surface area contributed by atoms with Gasteiger partial charge in [0.15, 0.2) is 0 Å². The van der Waals surface area contributed by atoms with Gasteiger partial charge >= 0.3 is 0 Å². The molecule has 2 heterocycles. The number of fused-ring (bicyclic) bond motifs is 3. The lowest BCUT2D eigenvalue weighted by atomic mass is 10.1. The van der Waals surface area contributed by atoms with Crippen molar-refractivity contribution in [3.63, 3.8) is 0 Å². The molecule has 2 aromatic heterocycles. The van der Waals surface area contributed by atoms with E-state index in [0.29, 0.717) is 10.8 Å². The molecule has 0 aliphatic rings. The Labute approximate surface area is 150 Å². The summed E-state index contributed by atoms with van der Waals surface area (Å²) in [5.74, 6) is 1.22. The molecule has 0 saturated heterocycles. The zero-order chi connectivity index (χ0) is 17.6. The highest BCUT2D eigenvalue weighted by molar-refractivity contribution is 6.33. The van der Waals surface area contributed by atoms with Crippen molar-refractivity contribution in [1.82, 2.24) is 14.4 Å². The fourth-order valence-electron chi connectivity index (χ4n) is 3.17. The van der Waals surface area contributed by atoms with E-state index in [1.807, 2.05) is 41.7 Å². The van der Waals surface area contributed by atoms with Gasteiger partial charge in [-0.25, -0.2) is 9.97 Å². The van der Waals surface area contributed by atoms with Gasteiger partial charge in [-0.05, 0) is 43.7 Å². The lowest BCUT2D eigenvalue weighted by Gasteiger charge is -2.12. The standard InChI is InChI=1S/C19H18ClN5/c1-3-22-12-7-8-14-15(9-12)25-16(18(21)24-14)10-23-19(25)17-11(2)5-4-6-13(17)20/h4-10,22H,3H2,1-2H3,(H2,21,24). The number of benzene rings is 2. The molecule has 2 aromatic carbocycles. The van der Waals surface area contributed by atoms with Gasteiger partial charge in [0.25, 0.3) is 0 Å². The predicted molar refractivity (Wildman–Crippen MR) is 104 cm³/mol. The minimum Gasteiger partial charge on any atom is -0.385 e. The van der Waals surface area contributed by atoms with Gasteiger partial charge < -0.3 is 11.1 Å². The van der Waals surface area contributed by atoms with Gasteiger partial charge in [-0.2, -0.15) is 0 Å². The number of nitrogens with two attached hydrogens (primary N) is 1. The number of nitrogens with one attached hydrogen (secondary N) is 1. The van der Waals surface area contributed by atoms with Gasteiger partial charge in [0.1, 0.15) is 17.2 Å². The molecule has 3 N–H and O–H groups in total. The summed E-state index contributed by atoms with van der Waals surface area (Å²) in [6.07, 6.45) is 1.75. The number of aromatic nitrogens is 3. The van der Waals surface area contributed by atoms with Gasteiger partial charge in [0.05, 0.1) is 22.3 Å². The number of hydrogen-bond donors (Lipinski definition) is 2. The van der Waals surface area contributed by atoms with E-state index in [1.54, 1.807) is 6.20 Å². The highest BCUT2D eigenvalue weighted by Gasteiger charge is 2.17. The second-order valence-electron chi connectivity index (χ2n) is 5.97. The van der Waals surface area contributed by atoms with Crippen LogP contribution in [0.3, 0.4) is 0 Å². The summed E-state index contributed by atoms with van der Waals surface area (Å²) < 4.78 is 2.03. The third kappa shape index (κ3) is 2.48. The minimum absolute atomic E-state index is 0.451. The Bertz CT molecular complexity index is 1080. The van der Waals surface area contributed by atoms with Crippen molar-refractivity contribution in [3.8, 4) is 11.4 Å². The maximum Gasteiger partial charge on any atom is 0.150 e. The van der Waals surface area contributed by atoms with Crippen molar-refractivity contribution < 1.29 is 0 Å². The van der Waals surface area contributed by atoms with Crippen LogP contribution in [-0.2, 0) is 0 Å². The fraction of sp³-hybridized carbons (Fsp3) is 0.158. The fourth-order valence-corrected chi connectivity index (χ4v) is 3.47. The molecular weight excluding hydrogens is 334 g/mol. The summed E-state index contributed by atoms with van der Waals surface area (Å²) in [6.45, 7) is 4.94. The molecule has 0 unspecified atom stereocenters. The predicted octanol–water partition coefficient (Wildman–Crippen LogP) is 4.53. The molecule has 4 rings (SSSR count). The molecule has 0 amide bonds. The van der Waals surface area contributed by atoms with Crippen LogP contribution in [0.4, 0.5) is 11.5 Å². The molecule has 4 aromatic rings. The van der Waals surface area contributed by atoms with Gasteiger partial charge in [-0.1, -0.05) is 23.7 Å². The summed E-state index contributed by atoms with van der Waals surface area (Å²) in [5, 5.41) is 4.00. The van der Waals surface area contributed by atoms with E-state index in [-0.39, 0.29) is 0 Å². The first-order valence-electron chi connectivity index (χ1n) is 8.16.